The van der Waals surface area contributed by atoms with E-state index in [1.807, 2.05) is 55.4 Å². The number of hydrogen-bond donors (Lipinski definition) is 1. The number of urea groups is 1. The lowest BCUT2D eigenvalue weighted by Crippen LogP contribution is -2.49. The largest absolute Gasteiger partial charge is 0.507 e. The summed E-state index contributed by atoms with van der Waals surface area (Å²) >= 11 is 1.44. The molecular formula is C17H30BN3O3S. The number of carbonyl (C=O) groups is 1. The number of carbonyl (C=O) groups excluding carboxylic acids is 1. The van der Waals surface area contributed by atoms with Crippen LogP contribution >= 0.6 is 11.3 Å². The van der Waals surface area contributed by atoms with Gasteiger partial charge in [-0.15, -0.1) is 11.3 Å². The lowest BCUT2D eigenvalue weighted by Gasteiger charge is -2.32. The maximum absolute atomic E-state index is 12.6. The zero-order valence-corrected chi connectivity index (χ0v) is 17.4. The van der Waals surface area contributed by atoms with Gasteiger partial charge in [-0.05, 0) is 54.9 Å². The molecule has 1 N–H and O–H groups in total. The van der Waals surface area contributed by atoms with Crippen molar-refractivity contribution in [1.82, 2.24) is 10.3 Å². The summed E-state index contributed by atoms with van der Waals surface area (Å²) in [5.74, 6) is 0. The monoisotopic (exact) mass is 367 g/mol. The topological polar surface area (TPSA) is 63.7 Å². The van der Waals surface area contributed by atoms with Crippen LogP contribution in [-0.2, 0) is 9.31 Å². The summed E-state index contributed by atoms with van der Waals surface area (Å²) in [4.78, 5) is 18.7. The molecule has 6 nitrogen and oxygen atoms in total. The van der Waals surface area contributed by atoms with Gasteiger partial charge in [-0.3, -0.25) is 4.90 Å². The van der Waals surface area contributed by atoms with E-state index < -0.39 is 18.3 Å². The van der Waals surface area contributed by atoms with Gasteiger partial charge in [0.15, 0.2) is 5.13 Å². The highest BCUT2D eigenvalue weighted by Crippen LogP contribution is 2.37. The van der Waals surface area contributed by atoms with Crippen molar-refractivity contribution in [1.29, 1.82) is 0 Å². The molecule has 1 aliphatic heterocycles. The van der Waals surface area contributed by atoms with Gasteiger partial charge in [-0.25, -0.2) is 9.78 Å². The number of anilines is 1. The SMILES string of the molecule is CCCN(C(=O)NC(C)(C)C)c1ncc(B2OC(C)(C)C(C)(C)O2)s1. The van der Waals surface area contributed by atoms with E-state index in [0.717, 1.165) is 11.2 Å². The number of hydrogen-bond acceptors (Lipinski definition) is 5. The van der Waals surface area contributed by atoms with Gasteiger partial charge in [0.05, 0.1) is 16.0 Å². The van der Waals surface area contributed by atoms with Crippen molar-refractivity contribution in [3.63, 3.8) is 0 Å². The highest BCUT2D eigenvalue weighted by molar-refractivity contribution is 7.25. The molecule has 0 atom stereocenters. The minimum Gasteiger partial charge on any atom is -0.399 e. The maximum Gasteiger partial charge on any atom is 0.507 e. The minimum absolute atomic E-state index is 0.135. The van der Waals surface area contributed by atoms with Gasteiger partial charge in [-0.1, -0.05) is 6.92 Å². The molecule has 1 saturated heterocycles. The molecular weight excluding hydrogens is 337 g/mol. The number of thiazole rings is 1. The summed E-state index contributed by atoms with van der Waals surface area (Å²) in [5.41, 5.74) is -1.09. The van der Waals surface area contributed by atoms with Gasteiger partial charge in [0.1, 0.15) is 0 Å². The van der Waals surface area contributed by atoms with E-state index in [0.29, 0.717) is 11.7 Å². The molecule has 2 rings (SSSR count). The van der Waals surface area contributed by atoms with Crippen molar-refractivity contribution < 1.29 is 14.1 Å². The highest BCUT2D eigenvalue weighted by atomic mass is 32.1. The Hall–Kier alpha value is -1.12. The molecule has 25 heavy (non-hydrogen) atoms. The highest BCUT2D eigenvalue weighted by Gasteiger charge is 2.52. The lowest BCUT2D eigenvalue weighted by molar-refractivity contribution is 0.00578. The van der Waals surface area contributed by atoms with Crippen LogP contribution in [0.5, 0.6) is 0 Å². The van der Waals surface area contributed by atoms with Crippen LogP contribution in [0.15, 0.2) is 6.20 Å². The van der Waals surface area contributed by atoms with Gasteiger partial charge in [-0.2, -0.15) is 0 Å². The zero-order valence-electron chi connectivity index (χ0n) is 16.6. The van der Waals surface area contributed by atoms with Crippen LogP contribution in [0.3, 0.4) is 0 Å². The molecule has 0 unspecified atom stereocenters. The minimum atomic E-state index is -0.453. The second kappa shape index (κ2) is 6.89. The second-order valence-corrected chi connectivity index (χ2v) is 9.51. The fraction of sp³-hybridized carbons (Fsp3) is 0.765. The lowest BCUT2D eigenvalue weighted by atomic mass is 9.89. The summed E-state index contributed by atoms with van der Waals surface area (Å²) in [6, 6.07) is -0.135. The Morgan fingerprint density at radius 3 is 2.32 bits per heavy atom. The van der Waals surface area contributed by atoms with Crippen LogP contribution in [0.2, 0.25) is 0 Å². The second-order valence-electron chi connectivity index (χ2n) is 8.47. The van der Waals surface area contributed by atoms with Crippen molar-refractivity contribution in [2.24, 2.45) is 0 Å². The van der Waals surface area contributed by atoms with E-state index in [-0.39, 0.29) is 11.6 Å². The molecule has 8 heteroatoms. The molecule has 1 aromatic heterocycles. The number of aromatic nitrogens is 1. The maximum atomic E-state index is 12.6. The number of nitrogens with one attached hydrogen (secondary N) is 1. The Bertz CT molecular complexity index is 609. The third-order valence-electron chi connectivity index (χ3n) is 4.40. The van der Waals surface area contributed by atoms with Gasteiger partial charge < -0.3 is 14.6 Å². The molecule has 2 heterocycles. The zero-order chi connectivity index (χ0) is 19.0. The predicted molar refractivity (Wildman–Crippen MR) is 104 cm³/mol. The van der Waals surface area contributed by atoms with Crippen molar-refractivity contribution in [2.45, 2.75) is 78.6 Å². The van der Waals surface area contributed by atoms with Crippen LogP contribution in [-0.4, -0.2) is 41.4 Å². The van der Waals surface area contributed by atoms with Crippen LogP contribution in [0.1, 0.15) is 61.8 Å². The Morgan fingerprint density at radius 1 is 1.28 bits per heavy atom. The molecule has 1 aliphatic rings. The van der Waals surface area contributed by atoms with E-state index in [1.165, 1.54) is 11.3 Å². The van der Waals surface area contributed by atoms with Gasteiger partial charge in [0, 0.05) is 18.3 Å². The quantitative estimate of drug-likeness (QED) is 0.831. The Labute approximate surface area is 155 Å². The van der Waals surface area contributed by atoms with Crippen molar-refractivity contribution in [2.75, 3.05) is 11.4 Å². The summed E-state index contributed by atoms with van der Waals surface area (Å²) in [6.45, 7) is 16.6. The number of rotatable bonds is 4. The van der Waals surface area contributed by atoms with Crippen molar-refractivity contribution in [3.05, 3.63) is 6.20 Å². The van der Waals surface area contributed by atoms with Crippen molar-refractivity contribution >= 4 is 34.4 Å². The number of amides is 2. The third-order valence-corrected chi connectivity index (χ3v) is 5.44. The summed E-state index contributed by atoms with van der Waals surface area (Å²) in [5, 5.41) is 3.66. The molecule has 140 valence electrons. The molecule has 0 bridgehead atoms. The van der Waals surface area contributed by atoms with Crippen LogP contribution in [0.25, 0.3) is 0 Å². The van der Waals surface area contributed by atoms with Gasteiger partial charge in [0.2, 0.25) is 0 Å². The van der Waals surface area contributed by atoms with Crippen LogP contribution in [0, 0.1) is 0 Å². The van der Waals surface area contributed by atoms with E-state index in [2.05, 4.69) is 10.3 Å². The molecule has 0 spiro atoms. The van der Waals surface area contributed by atoms with E-state index in [1.54, 1.807) is 11.1 Å². The third kappa shape index (κ3) is 4.54. The molecule has 1 aromatic rings. The van der Waals surface area contributed by atoms with Crippen LogP contribution in [0.4, 0.5) is 9.93 Å². The summed E-state index contributed by atoms with van der Waals surface area (Å²) < 4.78 is 13.0. The van der Waals surface area contributed by atoms with Gasteiger partial charge in [0.25, 0.3) is 0 Å². The fourth-order valence-electron chi connectivity index (χ4n) is 2.37. The number of nitrogens with zero attached hydrogens (tertiary/aromatic N) is 2. The average Bonchev–Trinajstić information content (AvgIpc) is 2.97. The molecule has 0 aliphatic carbocycles. The first-order valence-electron chi connectivity index (χ1n) is 8.77. The Morgan fingerprint density at radius 2 is 1.84 bits per heavy atom. The Kier molecular flexibility index (Phi) is 5.57. The van der Waals surface area contributed by atoms with Crippen molar-refractivity contribution in [3.8, 4) is 0 Å². The van der Waals surface area contributed by atoms with Gasteiger partial charge >= 0.3 is 13.1 Å². The average molecular weight is 367 g/mol. The molecule has 0 saturated carbocycles. The smallest absolute Gasteiger partial charge is 0.399 e. The first kappa shape index (κ1) is 20.2. The molecule has 0 aromatic carbocycles. The standard InChI is InChI=1S/C17H30BN3O3S/c1-9-10-21(13(22)20-15(2,3)4)14-19-11-12(25-14)18-23-16(5,6)17(7,8)24-18/h11H,9-10H2,1-8H3,(H,20,22). The molecule has 2 amide bonds. The molecule has 1 fully saturated rings. The first-order chi connectivity index (χ1) is 11.4. The predicted octanol–water partition coefficient (Wildman–Crippen LogP) is 3.17. The van der Waals surface area contributed by atoms with E-state index in [4.69, 9.17) is 9.31 Å². The van der Waals surface area contributed by atoms with E-state index >= 15 is 0 Å². The summed E-state index contributed by atoms with van der Waals surface area (Å²) in [6.07, 6.45) is 2.60. The Balaban J connectivity index is 2.19. The normalized spacial score (nSPS) is 19.1. The fourth-order valence-corrected chi connectivity index (χ4v) is 3.26. The summed E-state index contributed by atoms with van der Waals surface area (Å²) in [7, 11) is -0.453. The van der Waals surface area contributed by atoms with E-state index in [9.17, 15) is 4.79 Å². The first-order valence-corrected chi connectivity index (χ1v) is 9.59. The molecule has 0 radical (unpaired) electrons. The van der Waals surface area contributed by atoms with Crippen LogP contribution < -0.4 is 15.0 Å².